The third-order valence-electron chi connectivity index (χ3n) is 2.90. The highest BCUT2D eigenvalue weighted by molar-refractivity contribution is 8.13. The second-order valence-corrected chi connectivity index (χ2v) is 7.96. The molecule has 0 radical (unpaired) electrons. The molecule has 1 atom stereocenters. The molecular formula is C11H23ClO3S. The van der Waals surface area contributed by atoms with Crippen molar-refractivity contribution in [3.63, 3.8) is 0 Å². The molecule has 0 bridgehead atoms. The first-order valence-corrected chi connectivity index (χ1v) is 8.11. The van der Waals surface area contributed by atoms with Crippen LogP contribution in [0.15, 0.2) is 0 Å². The molecule has 5 heteroatoms. The summed E-state index contributed by atoms with van der Waals surface area (Å²) in [6.45, 7) is 10.4. The first-order valence-electron chi connectivity index (χ1n) is 5.63. The molecule has 0 rings (SSSR count). The maximum Gasteiger partial charge on any atom is 0.232 e. The minimum Gasteiger partial charge on any atom is -0.375 e. The van der Waals surface area contributed by atoms with E-state index in [1.807, 2.05) is 34.6 Å². The number of ether oxygens (including phenoxy) is 1. The number of rotatable bonds is 7. The van der Waals surface area contributed by atoms with E-state index in [1.54, 1.807) is 0 Å². The van der Waals surface area contributed by atoms with E-state index in [-0.39, 0.29) is 23.2 Å². The molecule has 0 saturated heterocycles. The Kier molecular flexibility index (Phi) is 6.30. The van der Waals surface area contributed by atoms with Crippen LogP contribution in [-0.2, 0) is 13.8 Å². The summed E-state index contributed by atoms with van der Waals surface area (Å²) >= 11 is 0. The van der Waals surface area contributed by atoms with Gasteiger partial charge in [0.2, 0.25) is 9.05 Å². The van der Waals surface area contributed by atoms with Gasteiger partial charge in [-0.1, -0.05) is 20.8 Å². The maximum atomic E-state index is 11.1. The predicted octanol–water partition coefficient (Wildman–Crippen LogP) is 3.03. The van der Waals surface area contributed by atoms with Crippen molar-refractivity contribution in [1.29, 1.82) is 0 Å². The molecular weight excluding hydrogens is 248 g/mol. The van der Waals surface area contributed by atoms with Crippen molar-refractivity contribution in [3.05, 3.63) is 0 Å². The zero-order valence-electron chi connectivity index (χ0n) is 10.8. The van der Waals surface area contributed by atoms with E-state index in [4.69, 9.17) is 15.4 Å². The van der Waals surface area contributed by atoms with Crippen molar-refractivity contribution in [2.75, 3.05) is 12.4 Å². The van der Waals surface area contributed by atoms with Crippen molar-refractivity contribution < 1.29 is 13.2 Å². The second kappa shape index (κ2) is 6.22. The third-order valence-corrected chi connectivity index (χ3v) is 4.10. The Morgan fingerprint density at radius 3 is 2.12 bits per heavy atom. The average Bonchev–Trinajstić information content (AvgIpc) is 2.10. The van der Waals surface area contributed by atoms with Gasteiger partial charge in [0.25, 0.3) is 0 Å². The van der Waals surface area contributed by atoms with Crippen LogP contribution < -0.4 is 0 Å². The summed E-state index contributed by atoms with van der Waals surface area (Å²) < 4.78 is 27.8. The predicted molar refractivity (Wildman–Crippen MR) is 68.3 cm³/mol. The largest absolute Gasteiger partial charge is 0.375 e. The molecule has 0 amide bonds. The quantitative estimate of drug-likeness (QED) is 0.668. The van der Waals surface area contributed by atoms with Crippen molar-refractivity contribution in [2.24, 2.45) is 11.8 Å². The normalized spacial score (nSPS) is 15.4. The first-order chi connectivity index (χ1) is 7.07. The lowest BCUT2D eigenvalue weighted by Crippen LogP contribution is -2.30. The first kappa shape index (κ1) is 16.2. The van der Waals surface area contributed by atoms with Gasteiger partial charge in [-0.3, -0.25) is 0 Å². The van der Waals surface area contributed by atoms with Gasteiger partial charge in [0.05, 0.1) is 18.0 Å². The Labute approximate surface area is 104 Å². The highest BCUT2D eigenvalue weighted by Crippen LogP contribution is 2.21. The Bertz CT molecular complexity index is 296. The fourth-order valence-electron chi connectivity index (χ4n) is 1.12. The molecule has 16 heavy (non-hydrogen) atoms. The Morgan fingerprint density at radius 1 is 1.31 bits per heavy atom. The number of halogens is 1. The van der Waals surface area contributed by atoms with Crippen molar-refractivity contribution in [2.45, 2.75) is 46.6 Å². The summed E-state index contributed by atoms with van der Waals surface area (Å²) in [6.07, 6.45) is 0.894. The van der Waals surface area contributed by atoms with Crippen molar-refractivity contribution >= 4 is 19.7 Å². The highest BCUT2D eigenvalue weighted by Gasteiger charge is 2.24. The summed E-state index contributed by atoms with van der Waals surface area (Å²) in [6, 6.07) is 0. The molecule has 0 spiro atoms. The lowest BCUT2D eigenvalue weighted by Gasteiger charge is -2.28. The lowest BCUT2D eigenvalue weighted by atomic mass is 9.98. The van der Waals surface area contributed by atoms with Gasteiger partial charge >= 0.3 is 0 Å². The summed E-state index contributed by atoms with van der Waals surface area (Å²) in [4.78, 5) is 0. The SMILES string of the molecule is CCC(C)(C)OCC(CS(=O)(=O)Cl)C(C)C. The molecule has 3 nitrogen and oxygen atoms in total. The summed E-state index contributed by atoms with van der Waals surface area (Å²) in [7, 11) is 1.82. The summed E-state index contributed by atoms with van der Waals surface area (Å²) in [5.74, 6) is 0.168. The van der Waals surface area contributed by atoms with Crippen LogP contribution in [0.3, 0.4) is 0 Å². The minimum atomic E-state index is -3.45. The van der Waals surface area contributed by atoms with Gasteiger partial charge in [0, 0.05) is 10.7 Å². The van der Waals surface area contributed by atoms with Crippen LogP contribution in [0.1, 0.15) is 41.0 Å². The standard InChI is InChI=1S/C11H23ClO3S/c1-6-11(4,5)15-7-10(9(2)3)8-16(12,13)14/h9-10H,6-8H2,1-5H3. The molecule has 0 aromatic rings. The molecule has 0 aromatic heterocycles. The fourth-order valence-corrected chi connectivity index (χ4v) is 2.60. The molecule has 0 aliphatic carbocycles. The summed E-state index contributed by atoms with van der Waals surface area (Å²) in [5.41, 5.74) is -0.205. The lowest BCUT2D eigenvalue weighted by molar-refractivity contribution is -0.0405. The summed E-state index contributed by atoms with van der Waals surface area (Å²) in [5, 5.41) is 0. The molecule has 0 aliphatic rings. The van der Waals surface area contributed by atoms with E-state index in [2.05, 4.69) is 0 Å². The molecule has 1 unspecified atom stereocenters. The van der Waals surface area contributed by atoms with E-state index in [9.17, 15) is 8.42 Å². The zero-order chi connectivity index (χ0) is 13.0. The third kappa shape index (κ3) is 7.47. The molecule has 0 saturated carbocycles. The van der Waals surface area contributed by atoms with Gasteiger partial charge in [0.15, 0.2) is 0 Å². The number of hydrogen-bond acceptors (Lipinski definition) is 3. The van der Waals surface area contributed by atoms with Gasteiger partial charge in [0.1, 0.15) is 0 Å². The van der Waals surface area contributed by atoms with Gasteiger partial charge < -0.3 is 4.74 Å². The van der Waals surface area contributed by atoms with Crippen LogP contribution in [0.5, 0.6) is 0 Å². The van der Waals surface area contributed by atoms with Crippen LogP contribution in [0.25, 0.3) is 0 Å². The van der Waals surface area contributed by atoms with Gasteiger partial charge in [-0.2, -0.15) is 0 Å². The maximum absolute atomic E-state index is 11.1. The molecule has 0 fully saturated rings. The monoisotopic (exact) mass is 270 g/mol. The van der Waals surface area contributed by atoms with Gasteiger partial charge in [-0.15, -0.1) is 0 Å². The van der Waals surface area contributed by atoms with Crippen LogP contribution in [-0.4, -0.2) is 26.4 Å². The Hall–Kier alpha value is 0.200. The van der Waals surface area contributed by atoms with E-state index in [1.165, 1.54) is 0 Å². The van der Waals surface area contributed by atoms with Crippen LogP contribution in [0.2, 0.25) is 0 Å². The average molecular weight is 271 g/mol. The van der Waals surface area contributed by atoms with Crippen molar-refractivity contribution in [1.82, 2.24) is 0 Å². The molecule has 0 heterocycles. The molecule has 0 N–H and O–H groups in total. The highest BCUT2D eigenvalue weighted by atomic mass is 35.7. The Morgan fingerprint density at radius 2 is 1.81 bits per heavy atom. The smallest absolute Gasteiger partial charge is 0.232 e. The van der Waals surface area contributed by atoms with Gasteiger partial charge in [-0.05, 0) is 32.1 Å². The van der Waals surface area contributed by atoms with Crippen molar-refractivity contribution in [3.8, 4) is 0 Å². The van der Waals surface area contributed by atoms with E-state index >= 15 is 0 Å². The Balaban J connectivity index is 4.37. The van der Waals surface area contributed by atoms with E-state index in [0.717, 1.165) is 6.42 Å². The minimum absolute atomic E-state index is 0.0218. The van der Waals surface area contributed by atoms with Crippen LogP contribution >= 0.6 is 10.7 Å². The molecule has 98 valence electrons. The van der Waals surface area contributed by atoms with Crippen LogP contribution in [0, 0.1) is 11.8 Å². The second-order valence-electron chi connectivity index (χ2n) is 5.13. The van der Waals surface area contributed by atoms with E-state index in [0.29, 0.717) is 6.61 Å². The van der Waals surface area contributed by atoms with E-state index < -0.39 is 9.05 Å². The van der Waals surface area contributed by atoms with Gasteiger partial charge in [-0.25, -0.2) is 8.42 Å². The van der Waals surface area contributed by atoms with Crippen LogP contribution in [0.4, 0.5) is 0 Å². The molecule has 0 aliphatic heterocycles. The zero-order valence-corrected chi connectivity index (χ0v) is 12.4. The fraction of sp³-hybridized carbons (Fsp3) is 1.00. The topological polar surface area (TPSA) is 43.4 Å². The molecule has 0 aromatic carbocycles. The number of hydrogen-bond donors (Lipinski definition) is 0.